The van der Waals surface area contributed by atoms with Gasteiger partial charge in [-0.2, -0.15) is 0 Å². The zero-order valence-electron chi connectivity index (χ0n) is 20.2. The topological polar surface area (TPSA) is 49.4 Å². The minimum atomic E-state index is -0.443. The molecule has 32 heavy (non-hydrogen) atoms. The number of hydrogen-bond donors (Lipinski definition) is 1. The average molecular weight is 455 g/mol. The molecule has 0 aliphatic heterocycles. The standard InChI is InChI=1S/C27H38N2O2S/c1-6-22(5)28-27(31)25(7-2)29(14-13-23-11-9-8-10-12-23)26(30)19-32-18-24-16-20(3)15-21(4)17-24/h8-12,15-17,22,25H,6-7,13-14,18-19H2,1-5H3,(H,28,31). The summed E-state index contributed by atoms with van der Waals surface area (Å²) in [6.45, 7) is 10.8. The lowest BCUT2D eigenvalue weighted by Crippen LogP contribution is -2.52. The van der Waals surface area contributed by atoms with Gasteiger partial charge in [0, 0.05) is 18.3 Å². The molecule has 174 valence electrons. The Morgan fingerprint density at radius 3 is 2.22 bits per heavy atom. The summed E-state index contributed by atoms with van der Waals surface area (Å²) in [5.74, 6) is 1.13. The van der Waals surface area contributed by atoms with Crippen LogP contribution in [0, 0.1) is 13.8 Å². The van der Waals surface area contributed by atoms with Gasteiger partial charge in [0.05, 0.1) is 5.75 Å². The molecule has 0 fully saturated rings. The van der Waals surface area contributed by atoms with Crippen LogP contribution in [0.1, 0.15) is 55.9 Å². The number of aryl methyl sites for hydroxylation is 2. The number of rotatable bonds is 12. The van der Waals surface area contributed by atoms with Crippen molar-refractivity contribution in [1.29, 1.82) is 0 Å². The maximum absolute atomic E-state index is 13.3. The Morgan fingerprint density at radius 1 is 0.969 bits per heavy atom. The molecule has 5 heteroatoms. The quantitative estimate of drug-likeness (QED) is 0.473. The summed E-state index contributed by atoms with van der Waals surface area (Å²) < 4.78 is 0. The highest BCUT2D eigenvalue weighted by Crippen LogP contribution is 2.18. The minimum absolute atomic E-state index is 0.0291. The van der Waals surface area contributed by atoms with E-state index >= 15 is 0 Å². The SMILES string of the molecule is CCC(C)NC(=O)C(CC)N(CCc1ccccc1)C(=O)CSCc1cc(C)cc(C)c1. The molecule has 0 bridgehead atoms. The lowest BCUT2D eigenvalue weighted by atomic mass is 10.1. The highest BCUT2D eigenvalue weighted by Gasteiger charge is 2.28. The van der Waals surface area contributed by atoms with E-state index in [1.54, 1.807) is 16.7 Å². The van der Waals surface area contributed by atoms with Crippen molar-refractivity contribution in [3.05, 3.63) is 70.8 Å². The Hall–Kier alpha value is -2.27. The lowest BCUT2D eigenvalue weighted by molar-refractivity contribution is -0.139. The summed E-state index contributed by atoms with van der Waals surface area (Å²) in [4.78, 5) is 28.0. The van der Waals surface area contributed by atoms with Crippen molar-refractivity contribution in [2.75, 3.05) is 12.3 Å². The number of carbonyl (C=O) groups is 2. The second kappa shape index (κ2) is 13.3. The first-order valence-electron chi connectivity index (χ1n) is 11.6. The molecule has 2 aromatic rings. The van der Waals surface area contributed by atoms with Gasteiger partial charge in [-0.25, -0.2) is 0 Å². The van der Waals surface area contributed by atoms with Gasteiger partial charge < -0.3 is 10.2 Å². The van der Waals surface area contributed by atoms with Crippen molar-refractivity contribution in [1.82, 2.24) is 10.2 Å². The first-order chi connectivity index (χ1) is 15.3. The van der Waals surface area contributed by atoms with Crippen LogP contribution in [-0.4, -0.2) is 41.1 Å². The van der Waals surface area contributed by atoms with Crippen molar-refractivity contribution in [2.24, 2.45) is 0 Å². The van der Waals surface area contributed by atoms with Gasteiger partial charge in [0.25, 0.3) is 0 Å². The van der Waals surface area contributed by atoms with Crippen LogP contribution in [0.25, 0.3) is 0 Å². The van der Waals surface area contributed by atoms with E-state index in [-0.39, 0.29) is 17.9 Å². The number of hydrogen-bond acceptors (Lipinski definition) is 3. The Balaban J connectivity index is 2.08. The number of amides is 2. The van der Waals surface area contributed by atoms with Gasteiger partial charge in [-0.05, 0) is 51.2 Å². The van der Waals surface area contributed by atoms with Crippen LogP contribution >= 0.6 is 11.8 Å². The molecule has 4 nitrogen and oxygen atoms in total. The highest BCUT2D eigenvalue weighted by molar-refractivity contribution is 7.99. The molecule has 0 saturated heterocycles. The lowest BCUT2D eigenvalue weighted by Gasteiger charge is -2.31. The van der Waals surface area contributed by atoms with E-state index in [4.69, 9.17) is 0 Å². The van der Waals surface area contributed by atoms with Crippen LogP contribution in [0.3, 0.4) is 0 Å². The normalized spacial score (nSPS) is 12.8. The van der Waals surface area contributed by atoms with Gasteiger partial charge in [-0.1, -0.05) is 73.5 Å². The highest BCUT2D eigenvalue weighted by atomic mass is 32.2. The van der Waals surface area contributed by atoms with Crippen LogP contribution in [0.15, 0.2) is 48.5 Å². The molecule has 0 aliphatic rings. The van der Waals surface area contributed by atoms with Crippen molar-refractivity contribution in [3.63, 3.8) is 0 Å². The second-order valence-corrected chi connectivity index (χ2v) is 9.54. The van der Waals surface area contributed by atoms with E-state index in [1.165, 1.54) is 22.3 Å². The number of benzene rings is 2. The van der Waals surface area contributed by atoms with Gasteiger partial charge >= 0.3 is 0 Å². The Bertz CT molecular complexity index is 849. The van der Waals surface area contributed by atoms with Crippen LogP contribution in [-0.2, 0) is 21.8 Å². The molecule has 1 N–H and O–H groups in total. The number of thioether (sulfide) groups is 1. The Labute approximate surface area is 198 Å². The fraction of sp³-hybridized carbons (Fsp3) is 0.481. The van der Waals surface area contributed by atoms with E-state index in [2.05, 4.69) is 49.5 Å². The fourth-order valence-electron chi connectivity index (χ4n) is 3.83. The summed E-state index contributed by atoms with van der Waals surface area (Å²) in [7, 11) is 0. The summed E-state index contributed by atoms with van der Waals surface area (Å²) in [6, 6.07) is 16.3. The molecular formula is C27H38N2O2S. The second-order valence-electron chi connectivity index (χ2n) is 8.55. The molecule has 0 spiro atoms. The van der Waals surface area contributed by atoms with Crippen LogP contribution < -0.4 is 5.32 Å². The van der Waals surface area contributed by atoms with Gasteiger partial charge in [0.2, 0.25) is 11.8 Å². The predicted octanol–water partition coefficient (Wildman–Crippen LogP) is 5.30. The van der Waals surface area contributed by atoms with E-state index < -0.39 is 6.04 Å². The van der Waals surface area contributed by atoms with E-state index in [9.17, 15) is 9.59 Å². The number of nitrogens with one attached hydrogen (secondary N) is 1. The number of nitrogens with zero attached hydrogens (tertiary/aromatic N) is 1. The van der Waals surface area contributed by atoms with E-state index in [0.29, 0.717) is 18.7 Å². The summed E-state index contributed by atoms with van der Waals surface area (Å²) >= 11 is 1.62. The molecular weight excluding hydrogens is 416 g/mol. The maximum atomic E-state index is 13.3. The molecule has 2 rings (SSSR count). The van der Waals surface area contributed by atoms with Crippen molar-refractivity contribution in [2.45, 2.75) is 71.7 Å². The van der Waals surface area contributed by atoms with E-state index in [0.717, 1.165) is 18.6 Å². The number of carbonyl (C=O) groups excluding carboxylic acids is 2. The molecule has 0 aliphatic carbocycles. The molecule has 2 unspecified atom stereocenters. The monoisotopic (exact) mass is 454 g/mol. The molecule has 2 atom stereocenters. The van der Waals surface area contributed by atoms with Crippen LogP contribution in [0.5, 0.6) is 0 Å². The zero-order chi connectivity index (χ0) is 23.5. The summed E-state index contributed by atoms with van der Waals surface area (Å²) in [5.41, 5.74) is 4.89. The minimum Gasteiger partial charge on any atom is -0.352 e. The third-order valence-electron chi connectivity index (χ3n) is 5.65. The maximum Gasteiger partial charge on any atom is 0.243 e. The van der Waals surface area contributed by atoms with Crippen molar-refractivity contribution >= 4 is 23.6 Å². The first-order valence-corrected chi connectivity index (χ1v) is 12.8. The van der Waals surface area contributed by atoms with Crippen LogP contribution in [0.4, 0.5) is 0 Å². The van der Waals surface area contributed by atoms with Gasteiger partial charge in [-0.15, -0.1) is 11.8 Å². The first kappa shape index (κ1) is 26.0. The van der Waals surface area contributed by atoms with Gasteiger partial charge in [0.1, 0.15) is 6.04 Å². The predicted molar refractivity (Wildman–Crippen MR) is 136 cm³/mol. The fourth-order valence-corrected chi connectivity index (χ4v) is 4.67. The molecule has 2 amide bonds. The molecule has 2 aromatic carbocycles. The van der Waals surface area contributed by atoms with Crippen molar-refractivity contribution < 1.29 is 9.59 Å². The summed E-state index contributed by atoms with van der Waals surface area (Å²) in [5, 5.41) is 3.07. The molecule has 0 aromatic heterocycles. The molecule has 0 radical (unpaired) electrons. The van der Waals surface area contributed by atoms with E-state index in [1.807, 2.05) is 39.0 Å². The Morgan fingerprint density at radius 2 is 1.62 bits per heavy atom. The average Bonchev–Trinajstić information content (AvgIpc) is 2.76. The van der Waals surface area contributed by atoms with Crippen molar-refractivity contribution in [3.8, 4) is 0 Å². The largest absolute Gasteiger partial charge is 0.352 e. The molecule has 0 heterocycles. The Kier molecular flexibility index (Phi) is 10.8. The third kappa shape index (κ3) is 8.34. The van der Waals surface area contributed by atoms with Gasteiger partial charge in [-0.3, -0.25) is 9.59 Å². The third-order valence-corrected chi connectivity index (χ3v) is 6.64. The smallest absolute Gasteiger partial charge is 0.243 e. The zero-order valence-corrected chi connectivity index (χ0v) is 21.0. The summed E-state index contributed by atoms with van der Waals surface area (Å²) in [6.07, 6.45) is 2.21. The molecule has 0 saturated carbocycles. The van der Waals surface area contributed by atoms with Gasteiger partial charge in [0.15, 0.2) is 0 Å². The van der Waals surface area contributed by atoms with Crippen LogP contribution in [0.2, 0.25) is 0 Å².